The van der Waals surface area contributed by atoms with E-state index in [4.69, 9.17) is 0 Å². The fourth-order valence-electron chi connectivity index (χ4n) is 2.47. The maximum Gasteiger partial charge on any atom is 0.337 e. The van der Waals surface area contributed by atoms with E-state index >= 15 is 0 Å². The Kier molecular flexibility index (Phi) is 3.94. The van der Waals surface area contributed by atoms with Gasteiger partial charge in [0.25, 0.3) is 10.0 Å². The molecule has 0 saturated carbocycles. The zero-order valence-corrected chi connectivity index (χ0v) is 13.5. The Bertz CT molecular complexity index is 1040. The van der Waals surface area contributed by atoms with E-state index in [1.54, 1.807) is 18.2 Å². The van der Waals surface area contributed by atoms with Crippen LogP contribution >= 0.6 is 0 Å². The molecule has 24 heavy (non-hydrogen) atoms. The number of benzene rings is 2. The van der Waals surface area contributed by atoms with Crippen molar-refractivity contribution in [3.05, 3.63) is 65.9 Å². The Morgan fingerprint density at radius 1 is 1.12 bits per heavy atom. The van der Waals surface area contributed by atoms with Crippen LogP contribution in [0.1, 0.15) is 20.7 Å². The zero-order chi connectivity index (χ0) is 17.3. The molecule has 0 radical (unpaired) electrons. The highest BCUT2D eigenvalue weighted by Gasteiger charge is 2.22. The molecule has 0 aliphatic heterocycles. The second-order valence-electron chi connectivity index (χ2n) is 5.04. The third-order valence-electron chi connectivity index (χ3n) is 3.65. The Morgan fingerprint density at radius 3 is 2.46 bits per heavy atom. The van der Waals surface area contributed by atoms with Crippen LogP contribution in [0.15, 0.2) is 59.6 Å². The summed E-state index contributed by atoms with van der Waals surface area (Å²) >= 11 is 0. The van der Waals surface area contributed by atoms with Gasteiger partial charge < -0.3 is 4.74 Å². The predicted molar refractivity (Wildman–Crippen MR) is 87.7 cm³/mol. The summed E-state index contributed by atoms with van der Waals surface area (Å²) in [5, 5.41) is 0.442. The molecule has 3 rings (SSSR count). The molecular formula is C17H13NO5S. The Balaban J connectivity index is 2.31. The van der Waals surface area contributed by atoms with Crippen LogP contribution in [-0.2, 0) is 14.8 Å². The molecular weight excluding hydrogens is 330 g/mol. The van der Waals surface area contributed by atoms with Crippen LogP contribution < -0.4 is 0 Å². The highest BCUT2D eigenvalue weighted by atomic mass is 32.2. The van der Waals surface area contributed by atoms with E-state index in [0.717, 1.165) is 3.97 Å². The average Bonchev–Trinajstić information content (AvgIpc) is 3.00. The molecule has 0 aliphatic rings. The number of methoxy groups -OCH3 is 1. The third kappa shape index (κ3) is 2.48. The summed E-state index contributed by atoms with van der Waals surface area (Å²) in [6.45, 7) is 0. The highest BCUT2D eigenvalue weighted by molar-refractivity contribution is 7.90. The number of fused-ring (bicyclic) bond motifs is 1. The number of ether oxygens (including phenoxy) is 1. The minimum absolute atomic E-state index is 0.0859. The first-order valence-corrected chi connectivity index (χ1v) is 8.42. The normalized spacial score (nSPS) is 11.4. The summed E-state index contributed by atoms with van der Waals surface area (Å²) in [7, 11) is -2.66. The summed E-state index contributed by atoms with van der Waals surface area (Å²) < 4.78 is 31.4. The highest BCUT2D eigenvalue weighted by Crippen LogP contribution is 2.26. The van der Waals surface area contributed by atoms with E-state index in [1.807, 2.05) is 0 Å². The number of nitrogens with zero attached hydrogens (tertiary/aromatic N) is 1. The van der Waals surface area contributed by atoms with E-state index < -0.39 is 16.0 Å². The van der Waals surface area contributed by atoms with E-state index in [1.165, 1.54) is 43.6 Å². The number of hydrogen-bond donors (Lipinski definition) is 0. The lowest BCUT2D eigenvalue weighted by Crippen LogP contribution is -2.12. The fourth-order valence-corrected chi connectivity index (χ4v) is 3.86. The lowest BCUT2D eigenvalue weighted by Gasteiger charge is -2.08. The maximum atomic E-state index is 12.9. The molecule has 0 atom stereocenters. The molecule has 0 aliphatic carbocycles. The molecule has 0 amide bonds. The van der Waals surface area contributed by atoms with Gasteiger partial charge in [0.15, 0.2) is 6.29 Å². The summed E-state index contributed by atoms with van der Waals surface area (Å²) in [5.74, 6) is -0.589. The number of aldehydes is 1. The summed E-state index contributed by atoms with van der Waals surface area (Å²) in [5.41, 5.74) is 0.662. The first-order valence-electron chi connectivity index (χ1n) is 6.98. The van der Waals surface area contributed by atoms with E-state index in [-0.39, 0.29) is 21.5 Å². The van der Waals surface area contributed by atoms with Crippen LogP contribution in [0, 0.1) is 0 Å². The molecule has 3 aromatic rings. The van der Waals surface area contributed by atoms with Crippen molar-refractivity contribution < 1.29 is 22.7 Å². The molecule has 0 N–H and O–H groups in total. The predicted octanol–water partition coefficient (Wildman–Crippen LogP) is 2.48. The number of carbonyl (C=O) groups excluding carboxylic acids is 2. The molecule has 2 aromatic carbocycles. The summed E-state index contributed by atoms with van der Waals surface area (Å²) in [6.07, 6.45) is 1.83. The smallest absolute Gasteiger partial charge is 0.337 e. The van der Waals surface area contributed by atoms with Gasteiger partial charge in [0.2, 0.25) is 0 Å². The number of esters is 1. The van der Waals surface area contributed by atoms with Gasteiger partial charge in [0.1, 0.15) is 0 Å². The van der Waals surface area contributed by atoms with E-state index in [2.05, 4.69) is 4.74 Å². The van der Waals surface area contributed by atoms with Gasteiger partial charge in [-0.05, 0) is 24.3 Å². The molecule has 0 unspecified atom stereocenters. The SMILES string of the molecule is COC(=O)c1ccc2c(C=O)cn(S(=O)(=O)c3ccccc3)c2c1. The quantitative estimate of drug-likeness (QED) is 0.537. The van der Waals surface area contributed by atoms with Crippen molar-refractivity contribution in [3.63, 3.8) is 0 Å². The zero-order valence-electron chi connectivity index (χ0n) is 12.7. The second kappa shape index (κ2) is 5.93. The van der Waals surface area contributed by atoms with Gasteiger partial charge in [0.05, 0.1) is 23.1 Å². The van der Waals surface area contributed by atoms with Crippen molar-refractivity contribution in [2.75, 3.05) is 7.11 Å². The molecule has 122 valence electrons. The van der Waals surface area contributed by atoms with Gasteiger partial charge in [-0.15, -0.1) is 0 Å². The van der Waals surface area contributed by atoms with E-state index in [0.29, 0.717) is 11.7 Å². The van der Waals surface area contributed by atoms with Gasteiger partial charge in [-0.25, -0.2) is 17.2 Å². The van der Waals surface area contributed by atoms with Crippen LogP contribution in [0.3, 0.4) is 0 Å². The topological polar surface area (TPSA) is 82.4 Å². The number of rotatable bonds is 4. The van der Waals surface area contributed by atoms with Crippen LogP contribution in [0.5, 0.6) is 0 Å². The molecule has 0 fully saturated rings. The van der Waals surface area contributed by atoms with Crippen molar-refractivity contribution in [2.45, 2.75) is 4.90 Å². The van der Waals surface area contributed by atoms with Crippen molar-refractivity contribution in [1.29, 1.82) is 0 Å². The summed E-state index contributed by atoms with van der Waals surface area (Å²) in [6, 6.07) is 12.3. The number of aromatic nitrogens is 1. The first kappa shape index (κ1) is 15.9. The van der Waals surface area contributed by atoms with Gasteiger partial charge in [0, 0.05) is 17.1 Å². The molecule has 7 heteroatoms. The average molecular weight is 343 g/mol. The van der Waals surface area contributed by atoms with Gasteiger partial charge in [-0.2, -0.15) is 0 Å². The largest absolute Gasteiger partial charge is 0.465 e. The third-order valence-corrected chi connectivity index (χ3v) is 5.34. The maximum absolute atomic E-state index is 12.9. The molecule has 0 bridgehead atoms. The molecule has 0 saturated heterocycles. The molecule has 1 aromatic heterocycles. The number of hydrogen-bond acceptors (Lipinski definition) is 5. The van der Waals surface area contributed by atoms with Gasteiger partial charge >= 0.3 is 5.97 Å². The van der Waals surface area contributed by atoms with Crippen LogP contribution in [-0.4, -0.2) is 31.8 Å². The molecule has 1 heterocycles. The van der Waals surface area contributed by atoms with Crippen LogP contribution in [0.4, 0.5) is 0 Å². The fraction of sp³-hybridized carbons (Fsp3) is 0.0588. The van der Waals surface area contributed by atoms with Crippen molar-refractivity contribution in [3.8, 4) is 0 Å². The first-order chi connectivity index (χ1) is 11.5. The Hall–Kier alpha value is -2.93. The second-order valence-corrected chi connectivity index (χ2v) is 6.85. The van der Waals surface area contributed by atoms with E-state index in [9.17, 15) is 18.0 Å². The molecule has 0 spiro atoms. The van der Waals surface area contributed by atoms with Crippen molar-refractivity contribution in [2.24, 2.45) is 0 Å². The van der Waals surface area contributed by atoms with Gasteiger partial charge in [-0.3, -0.25) is 4.79 Å². The Morgan fingerprint density at radius 2 is 1.83 bits per heavy atom. The monoisotopic (exact) mass is 343 g/mol. The van der Waals surface area contributed by atoms with Crippen LogP contribution in [0.2, 0.25) is 0 Å². The number of carbonyl (C=O) groups is 2. The summed E-state index contributed by atoms with van der Waals surface area (Å²) in [4.78, 5) is 23.1. The minimum atomic E-state index is -3.90. The molecule has 6 nitrogen and oxygen atoms in total. The lowest BCUT2D eigenvalue weighted by molar-refractivity contribution is 0.0600. The lowest BCUT2D eigenvalue weighted by atomic mass is 10.1. The van der Waals surface area contributed by atoms with Gasteiger partial charge in [-0.1, -0.05) is 24.3 Å². The van der Waals surface area contributed by atoms with Crippen molar-refractivity contribution in [1.82, 2.24) is 3.97 Å². The minimum Gasteiger partial charge on any atom is -0.465 e. The van der Waals surface area contributed by atoms with Crippen LogP contribution in [0.25, 0.3) is 10.9 Å². The standard InChI is InChI=1S/C17H13NO5S/c1-23-17(20)12-7-8-15-13(11-19)10-18(16(15)9-12)24(21,22)14-5-3-2-4-6-14/h2-11H,1H3. The van der Waals surface area contributed by atoms with Crippen molar-refractivity contribution >= 4 is 33.2 Å². The Labute approximate surface area is 138 Å².